The third kappa shape index (κ3) is 3.33. The van der Waals surface area contributed by atoms with E-state index in [1.165, 1.54) is 12.8 Å². The van der Waals surface area contributed by atoms with Gasteiger partial charge in [-0.15, -0.1) is 10.2 Å². The van der Waals surface area contributed by atoms with E-state index in [-0.39, 0.29) is 11.9 Å². The first-order chi connectivity index (χ1) is 13.6. The Hall–Kier alpha value is -2.93. The molecule has 2 saturated heterocycles. The molecule has 2 N–H and O–H groups in total. The molecule has 144 valence electrons. The Bertz CT molecular complexity index is 973. The van der Waals surface area contributed by atoms with Crippen molar-refractivity contribution >= 4 is 0 Å². The zero-order valence-electron chi connectivity index (χ0n) is 15.7. The molecule has 2 unspecified atom stereocenters. The molecular weight excluding hydrogens is 354 g/mol. The van der Waals surface area contributed by atoms with Crippen LogP contribution in [0.4, 0.5) is 0 Å². The van der Waals surface area contributed by atoms with Crippen LogP contribution in [0, 0.1) is 0 Å². The molecular formula is C21H23N5O2. The molecule has 0 radical (unpaired) electrons. The van der Waals surface area contributed by atoms with Gasteiger partial charge in [0.2, 0.25) is 5.88 Å². The number of fused-ring (bicyclic) bond motifs is 2. The van der Waals surface area contributed by atoms with E-state index in [1.54, 1.807) is 16.9 Å². The summed E-state index contributed by atoms with van der Waals surface area (Å²) in [5.74, 6) is 0.709. The minimum absolute atomic E-state index is 0.166. The Labute approximate surface area is 163 Å². The van der Waals surface area contributed by atoms with Crippen molar-refractivity contribution in [3.63, 3.8) is 0 Å². The molecule has 3 aromatic rings. The van der Waals surface area contributed by atoms with Crippen LogP contribution in [0.5, 0.6) is 11.6 Å². The standard InChI is InChI=1S/C21H23N5O2/c1-26-12-14(11-22-26)13-2-5-18(20(27)8-13)19-6-7-21(25-24-19)28-17-9-15-3-4-16(10-17)23-15/h2,5-8,11-12,15-17,23,27H,3-4,9-10H2,1H3/t15-,16?,17?/m0/s1. The van der Waals surface area contributed by atoms with Crippen molar-refractivity contribution in [2.75, 3.05) is 0 Å². The Morgan fingerprint density at radius 1 is 1.07 bits per heavy atom. The Morgan fingerprint density at radius 2 is 1.89 bits per heavy atom. The quantitative estimate of drug-likeness (QED) is 0.727. The topological polar surface area (TPSA) is 85.1 Å². The molecule has 2 bridgehead atoms. The lowest BCUT2D eigenvalue weighted by Gasteiger charge is -2.28. The molecule has 28 heavy (non-hydrogen) atoms. The second-order valence-electron chi connectivity index (χ2n) is 7.74. The highest BCUT2D eigenvalue weighted by Crippen LogP contribution is 2.33. The second kappa shape index (κ2) is 6.91. The van der Waals surface area contributed by atoms with Crippen molar-refractivity contribution in [3.05, 3.63) is 42.7 Å². The summed E-state index contributed by atoms with van der Waals surface area (Å²) in [6.45, 7) is 0. The van der Waals surface area contributed by atoms with Crippen molar-refractivity contribution in [1.29, 1.82) is 0 Å². The number of hydrogen-bond donors (Lipinski definition) is 2. The van der Waals surface area contributed by atoms with Crippen LogP contribution in [0.2, 0.25) is 0 Å². The third-order valence-electron chi connectivity index (χ3n) is 5.67. The van der Waals surface area contributed by atoms with Gasteiger partial charge in [-0.2, -0.15) is 5.10 Å². The monoisotopic (exact) mass is 377 g/mol. The number of aromatic hydroxyl groups is 1. The van der Waals surface area contributed by atoms with Gasteiger partial charge in [0.1, 0.15) is 11.9 Å². The number of nitrogens with one attached hydrogen (secondary N) is 1. The molecule has 0 saturated carbocycles. The van der Waals surface area contributed by atoms with E-state index in [2.05, 4.69) is 20.6 Å². The maximum Gasteiger partial charge on any atom is 0.233 e. The van der Waals surface area contributed by atoms with Crippen LogP contribution in [0.15, 0.2) is 42.7 Å². The molecule has 7 heteroatoms. The number of ether oxygens (including phenoxy) is 1. The molecule has 2 aliphatic heterocycles. The maximum atomic E-state index is 10.5. The average molecular weight is 377 g/mol. The van der Waals surface area contributed by atoms with Crippen LogP contribution >= 0.6 is 0 Å². The van der Waals surface area contributed by atoms with Crippen LogP contribution in [0.25, 0.3) is 22.4 Å². The average Bonchev–Trinajstić information content (AvgIpc) is 3.27. The summed E-state index contributed by atoms with van der Waals surface area (Å²) >= 11 is 0. The summed E-state index contributed by atoms with van der Waals surface area (Å²) in [5, 5.41) is 26.8. The van der Waals surface area contributed by atoms with E-state index < -0.39 is 0 Å². The van der Waals surface area contributed by atoms with E-state index in [4.69, 9.17) is 4.74 Å². The fraction of sp³-hybridized carbons (Fsp3) is 0.381. The fourth-order valence-electron chi connectivity index (χ4n) is 4.30. The van der Waals surface area contributed by atoms with Gasteiger partial charge in [0, 0.05) is 42.5 Å². The van der Waals surface area contributed by atoms with Crippen molar-refractivity contribution in [1.82, 2.24) is 25.3 Å². The molecule has 1 aromatic carbocycles. The highest BCUT2D eigenvalue weighted by atomic mass is 16.5. The lowest BCUT2D eigenvalue weighted by molar-refractivity contribution is 0.130. The zero-order valence-corrected chi connectivity index (χ0v) is 15.7. The second-order valence-corrected chi connectivity index (χ2v) is 7.74. The molecule has 7 nitrogen and oxygen atoms in total. The Balaban J connectivity index is 1.31. The number of hydrogen-bond acceptors (Lipinski definition) is 6. The molecule has 2 aromatic heterocycles. The van der Waals surface area contributed by atoms with E-state index in [9.17, 15) is 5.11 Å². The van der Waals surface area contributed by atoms with Gasteiger partial charge in [0.25, 0.3) is 0 Å². The van der Waals surface area contributed by atoms with Crippen LogP contribution in [-0.2, 0) is 7.05 Å². The number of aryl methyl sites for hydroxylation is 1. The molecule has 0 aliphatic carbocycles. The van der Waals surface area contributed by atoms with Gasteiger partial charge in [-0.3, -0.25) is 4.68 Å². The van der Waals surface area contributed by atoms with Crippen molar-refractivity contribution in [2.24, 2.45) is 7.05 Å². The molecule has 2 fully saturated rings. The van der Waals surface area contributed by atoms with Crippen molar-refractivity contribution < 1.29 is 9.84 Å². The molecule has 5 rings (SSSR count). The molecule has 4 heterocycles. The number of benzene rings is 1. The van der Waals surface area contributed by atoms with Crippen LogP contribution in [-0.4, -0.2) is 43.3 Å². The molecule has 0 amide bonds. The zero-order chi connectivity index (χ0) is 19.1. The Morgan fingerprint density at radius 3 is 2.54 bits per heavy atom. The number of rotatable bonds is 4. The van der Waals surface area contributed by atoms with E-state index in [0.717, 1.165) is 24.0 Å². The van der Waals surface area contributed by atoms with Crippen LogP contribution in [0.1, 0.15) is 25.7 Å². The van der Waals surface area contributed by atoms with Gasteiger partial charge in [-0.05, 0) is 49.4 Å². The number of piperidine rings is 1. The molecule has 2 aliphatic rings. The van der Waals surface area contributed by atoms with E-state index >= 15 is 0 Å². The number of aromatic nitrogens is 4. The summed E-state index contributed by atoms with van der Waals surface area (Å²) in [4.78, 5) is 0. The minimum Gasteiger partial charge on any atom is -0.507 e. The normalized spacial score (nSPS) is 23.7. The smallest absolute Gasteiger partial charge is 0.233 e. The number of nitrogens with zero attached hydrogens (tertiary/aromatic N) is 4. The van der Waals surface area contributed by atoms with Gasteiger partial charge < -0.3 is 15.2 Å². The molecule has 3 atom stereocenters. The maximum absolute atomic E-state index is 10.5. The van der Waals surface area contributed by atoms with Crippen LogP contribution < -0.4 is 10.1 Å². The summed E-state index contributed by atoms with van der Waals surface area (Å²) in [7, 11) is 1.87. The van der Waals surface area contributed by atoms with Gasteiger partial charge in [0.15, 0.2) is 0 Å². The number of phenols is 1. The summed E-state index contributed by atoms with van der Waals surface area (Å²) in [6, 6.07) is 10.4. The van der Waals surface area contributed by atoms with Gasteiger partial charge in [-0.25, -0.2) is 0 Å². The van der Waals surface area contributed by atoms with Gasteiger partial charge >= 0.3 is 0 Å². The van der Waals surface area contributed by atoms with Crippen LogP contribution in [0.3, 0.4) is 0 Å². The Kier molecular flexibility index (Phi) is 4.24. The van der Waals surface area contributed by atoms with E-state index in [0.29, 0.717) is 29.2 Å². The first-order valence-corrected chi connectivity index (χ1v) is 9.73. The molecule has 0 spiro atoms. The van der Waals surface area contributed by atoms with Crippen molar-refractivity contribution in [2.45, 2.75) is 43.9 Å². The highest BCUT2D eigenvalue weighted by molar-refractivity contribution is 5.73. The van der Waals surface area contributed by atoms with Gasteiger partial charge in [-0.1, -0.05) is 6.07 Å². The largest absolute Gasteiger partial charge is 0.507 e. The summed E-state index contributed by atoms with van der Waals surface area (Å²) in [6.07, 6.45) is 8.41. The minimum atomic E-state index is 0.166. The van der Waals surface area contributed by atoms with E-state index in [1.807, 2.05) is 37.5 Å². The summed E-state index contributed by atoms with van der Waals surface area (Å²) < 4.78 is 7.79. The third-order valence-corrected chi connectivity index (χ3v) is 5.67. The SMILES string of the molecule is Cn1cc(-c2ccc(-c3ccc(OC4CC5CC[C@@H](C4)N5)nn3)c(O)c2)cn1. The summed E-state index contributed by atoms with van der Waals surface area (Å²) in [5.41, 5.74) is 3.12. The number of phenolic OH excluding ortho intramolecular Hbond substituents is 1. The predicted octanol–water partition coefficient (Wildman–Crippen LogP) is 2.91. The first-order valence-electron chi connectivity index (χ1n) is 9.73. The highest BCUT2D eigenvalue weighted by Gasteiger charge is 2.34. The van der Waals surface area contributed by atoms with Gasteiger partial charge in [0.05, 0.1) is 11.9 Å². The first kappa shape index (κ1) is 17.2. The van der Waals surface area contributed by atoms with Crippen molar-refractivity contribution in [3.8, 4) is 34.0 Å². The predicted molar refractivity (Wildman–Crippen MR) is 105 cm³/mol. The lowest BCUT2D eigenvalue weighted by Crippen LogP contribution is -2.42. The lowest BCUT2D eigenvalue weighted by atomic mass is 10.0. The fourth-order valence-corrected chi connectivity index (χ4v) is 4.30.